The summed E-state index contributed by atoms with van der Waals surface area (Å²) in [5, 5.41) is 2.92. The summed E-state index contributed by atoms with van der Waals surface area (Å²) in [6.07, 6.45) is 3.01. The minimum Gasteiger partial charge on any atom is -0.387 e. The van der Waals surface area contributed by atoms with Gasteiger partial charge in [-0.2, -0.15) is 4.31 Å². The lowest BCUT2D eigenvalue weighted by Crippen LogP contribution is -2.49. The molecule has 0 aromatic carbocycles. The molecule has 0 bridgehead atoms. The van der Waals surface area contributed by atoms with E-state index in [9.17, 15) is 8.42 Å². The molecule has 1 aromatic rings. The highest BCUT2D eigenvalue weighted by molar-refractivity contribution is 7.89. The Bertz CT molecular complexity index is 566. The quantitative estimate of drug-likeness (QED) is 0.881. The summed E-state index contributed by atoms with van der Waals surface area (Å²) in [5.41, 5.74) is 0.592. The molecule has 1 aliphatic rings. The van der Waals surface area contributed by atoms with E-state index in [4.69, 9.17) is 0 Å². The van der Waals surface area contributed by atoms with Crippen LogP contribution in [-0.4, -0.2) is 62.4 Å². The first kappa shape index (κ1) is 16.2. The van der Waals surface area contributed by atoms with Crippen LogP contribution in [-0.2, 0) is 10.0 Å². The Morgan fingerprint density at radius 2 is 1.95 bits per heavy atom. The molecular weight excluding hydrogens is 288 g/mol. The molecule has 1 N–H and O–H groups in total. The van der Waals surface area contributed by atoms with Gasteiger partial charge in [-0.3, -0.25) is 4.98 Å². The molecule has 0 amide bonds. The van der Waals surface area contributed by atoms with E-state index < -0.39 is 10.0 Å². The highest BCUT2D eigenvalue weighted by atomic mass is 32.2. The van der Waals surface area contributed by atoms with Gasteiger partial charge in [0.1, 0.15) is 4.90 Å². The molecule has 6 nitrogen and oxygen atoms in total. The summed E-state index contributed by atoms with van der Waals surface area (Å²) in [4.78, 5) is 6.53. The number of aromatic nitrogens is 1. The number of rotatable bonds is 5. The maximum atomic E-state index is 12.7. The Labute approximate surface area is 127 Å². The Morgan fingerprint density at radius 1 is 1.29 bits per heavy atom. The van der Waals surface area contributed by atoms with Crippen molar-refractivity contribution < 1.29 is 8.42 Å². The zero-order chi connectivity index (χ0) is 15.5. The molecule has 2 rings (SSSR count). The highest BCUT2D eigenvalue weighted by Gasteiger charge is 2.30. The number of nitrogens with zero attached hydrogens (tertiary/aromatic N) is 3. The van der Waals surface area contributed by atoms with Crippen molar-refractivity contribution in [1.82, 2.24) is 14.2 Å². The van der Waals surface area contributed by atoms with Crippen molar-refractivity contribution in [3.63, 3.8) is 0 Å². The van der Waals surface area contributed by atoms with E-state index in [2.05, 4.69) is 29.0 Å². The van der Waals surface area contributed by atoms with E-state index in [0.717, 1.165) is 19.6 Å². The molecule has 1 aromatic heterocycles. The average molecular weight is 312 g/mol. The number of pyridine rings is 1. The Kier molecular flexibility index (Phi) is 5.18. The van der Waals surface area contributed by atoms with Gasteiger partial charge < -0.3 is 10.2 Å². The van der Waals surface area contributed by atoms with Crippen LogP contribution in [0.1, 0.15) is 13.8 Å². The fourth-order valence-electron chi connectivity index (χ4n) is 2.60. The first-order valence-corrected chi connectivity index (χ1v) is 8.73. The van der Waals surface area contributed by atoms with E-state index >= 15 is 0 Å². The third-order valence-electron chi connectivity index (χ3n) is 3.63. The maximum absolute atomic E-state index is 12.7. The lowest BCUT2D eigenvalue weighted by molar-refractivity contribution is 0.172. The van der Waals surface area contributed by atoms with Crippen LogP contribution in [0.3, 0.4) is 0 Å². The van der Waals surface area contributed by atoms with Gasteiger partial charge in [-0.25, -0.2) is 8.42 Å². The molecule has 118 valence electrons. The van der Waals surface area contributed by atoms with E-state index in [0.29, 0.717) is 24.7 Å². The molecule has 0 spiro atoms. The Balaban J connectivity index is 2.11. The minimum absolute atomic E-state index is 0.254. The topological polar surface area (TPSA) is 65.5 Å². The van der Waals surface area contributed by atoms with Crippen LogP contribution < -0.4 is 5.32 Å². The van der Waals surface area contributed by atoms with Crippen LogP contribution in [0.5, 0.6) is 0 Å². The second-order valence-corrected chi connectivity index (χ2v) is 7.63. The van der Waals surface area contributed by atoms with Crippen molar-refractivity contribution >= 4 is 15.7 Å². The fraction of sp³-hybridized carbons (Fsp3) is 0.643. The molecular formula is C14H24N4O2S. The van der Waals surface area contributed by atoms with Crippen LogP contribution in [0.15, 0.2) is 23.4 Å². The molecule has 0 saturated carbocycles. The SMILES string of the molecule is CNc1ccncc1S(=O)(=O)N1CCN(CC(C)C)CC1. The smallest absolute Gasteiger partial charge is 0.246 e. The summed E-state index contributed by atoms with van der Waals surface area (Å²) in [6.45, 7) is 8.01. The number of nitrogens with one attached hydrogen (secondary N) is 1. The standard InChI is InChI=1S/C14H24N4O2S/c1-12(2)11-17-6-8-18(9-7-17)21(19,20)14-10-16-5-4-13(14)15-3/h4-5,10,12H,6-9,11H2,1-3H3,(H,15,16). The lowest BCUT2D eigenvalue weighted by Gasteiger charge is -2.34. The molecule has 1 saturated heterocycles. The number of anilines is 1. The van der Waals surface area contributed by atoms with E-state index in [1.165, 1.54) is 6.20 Å². The zero-order valence-electron chi connectivity index (χ0n) is 12.9. The average Bonchev–Trinajstić information content (AvgIpc) is 2.47. The van der Waals surface area contributed by atoms with Gasteiger partial charge in [-0.15, -0.1) is 0 Å². The summed E-state index contributed by atoms with van der Waals surface area (Å²) in [7, 11) is -1.76. The first-order valence-electron chi connectivity index (χ1n) is 7.29. The second-order valence-electron chi connectivity index (χ2n) is 5.72. The monoisotopic (exact) mass is 312 g/mol. The molecule has 0 unspecified atom stereocenters. The van der Waals surface area contributed by atoms with Gasteiger partial charge in [-0.05, 0) is 12.0 Å². The maximum Gasteiger partial charge on any atom is 0.246 e. The third-order valence-corrected chi connectivity index (χ3v) is 5.55. The van der Waals surface area contributed by atoms with E-state index in [-0.39, 0.29) is 4.90 Å². The lowest BCUT2D eigenvalue weighted by atomic mass is 10.2. The van der Waals surface area contributed by atoms with Gasteiger partial charge in [0, 0.05) is 52.2 Å². The summed E-state index contributed by atoms with van der Waals surface area (Å²) in [6, 6.07) is 1.68. The van der Waals surface area contributed by atoms with Gasteiger partial charge in [0.05, 0.1) is 5.69 Å². The molecule has 1 aliphatic heterocycles. The number of sulfonamides is 1. The Morgan fingerprint density at radius 3 is 2.52 bits per heavy atom. The second kappa shape index (κ2) is 6.72. The number of hydrogen-bond donors (Lipinski definition) is 1. The summed E-state index contributed by atoms with van der Waals surface area (Å²) < 4.78 is 27.0. The van der Waals surface area contributed by atoms with E-state index in [1.807, 2.05) is 0 Å². The van der Waals surface area contributed by atoms with Gasteiger partial charge in [0.25, 0.3) is 0 Å². The van der Waals surface area contributed by atoms with Crippen molar-refractivity contribution in [3.8, 4) is 0 Å². The van der Waals surface area contributed by atoms with Crippen molar-refractivity contribution in [3.05, 3.63) is 18.5 Å². The van der Waals surface area contributed by atoms with Crippen molar-refractivity contribution in [2.75, 3.05) is 45.1 Å². The van der Waals surface area contributed by atoms with Crippen LogP contribution in [0.25, 0.3) is 0 Å². The molecule has 0 atom stereocenters. The molecule has 21 heavy (non-hydrogen) atoms. The van der Waals surface area contributed by atoms with Crippen molar-refractivity contribution in [1.29, 1.82) is 0 Å². The van der Waals surface area contributed by atoms with E-state index in [1.54, 1.807) is 23.6 Å². The predicted molar refractivity (Wildman–Crippen MR) is 83.8 cm³/mol. The van der Waals surface area contributed by atoms with Crippen LogP contribution in [0.2, 0.25) is 0 Å². The highest BCUT2D eigenvalue weighted by Crippen LogP contribution is 2.24. The zero-order valence-corrected chi connectivity index (χ0v) is 13.7. The normalized spacial score (nSPS) is 18.1. The van der Waals surface area contributed by atoms with Gasteiger partial charge in [-0.1, -0.05) is 13.8 Å². The summed E-state index contributed by atoms with van der Waals surface area (Å²) in [5.74, 6) is 0.599. The summed E-state index contributed by atoms with van der Waals surface area (Å²) >= 11 is 0. The van der Waals surface area contributed by atoms with Gasteiger partial charge >= 0.3 is 0 Å². The van der Waals surface area contributed by atoms with Crippen LogP contribution in [0, 0.1) is 5.92 Å². The third kappa shape index (κ3) is 3.72. The van der Waals surface area contributed by atoms with Gasteiger partial charge in [0.2, 0.25) is 10.0 Å². The number of piperazine rings is 1. The Hall–Kier alpha value is -1.18. The molecule has 7 heteroatoms. The number of hydrogen-bond acceptors (Lipinski definition) is 5. The van der Waals surface area contributed by atoms with Crippen molar-refractivity contribution in [2.45, 2.75) is 18.7 Å². The largest absolute Gasteiger partial charge is 0.387 e. The molecule has 2 heterocycles. The van der Waals surface area contributed by atoms with Gasteiger partial charge in [0.15, 0.2) is 0 Å². The van der Waals surface area contributed by atoms with Crippen molar-refractivity contribution in [2.24, 2.45) is 5.92 Å². The minimum atomic E-state index is -3.48. The molecule has 0 aliphatic carbocycles. The van der Waals surface area contributed by atoms with Crippen LogP contribution in [0.4, 0.5) is 5.69 Å². The molecule has 0 radical (unpaired) electrons. The molecule has 1 fully saturated rings. The van der Waals surface area contributed by atoms with Crippen LogP contribution >= 0.6 is 0 Å². The first-order chi connectivity index (χ1) is 9.95. The fourth-order valence-corrected chi connectivity index (χ4v) is 4.16. The predicted octanol–water partition coefficient (Wildman–Crippen LogP) is 1.09.